The molecular weight excluding hydrogens is 248 g/mol. The van der Waals surface area contributed by atoms with Crippen molar-refractivity contribution in [2.75, 3.05) is 19.3 Å². The van der Waals surface area contributed by atoms with Crippen molar-refractivity contribution in [3.05, 3.63) is 17.3 Å². The highest BCUT2D eigenvalue weighted by Gasteiger charge is 2.17. The van der Waals surface area contributed by atoms with Crippen molar-refractivity contribution in [1.82, 2.24) is 14.9 Å². The van der Waals surface area contributed by atoms with Crippen LogP contribution in [0.2, 0.25) is 0 Å². The number of hydrogen-bond acceptors (Lipinski definition) is 6. The molecule has 2 aromatic rings. The van der Waals surface area contributed by atoms with Gasteiger partial charge in [0, 0.05) is 6.54 Å². The van der Waals surface area contributed by atoms with Crippen LogP contribution >= 0.6 is 11.3 Å². The van der Waals surface area contributed by atoms with Crippen molar-refractivity contribution in [2.24, 2.45) is 0 Å². The van der Waals surface area contributed by atoms with Crippen LogP contribution in [0.15, 0.2) is 11.4 Å². The van der Waals surface area contributed by atoms with Gasteiger partial charge in [-0.15, -0.1) is 11.3 Å². The van der Waals surface area contributed by atoms with E-state index in [2.05, 4.69) is 9.97 Å². The van der Waals surface area contributed by atoms with E-state index >= 15 is 0 Å². The van der Waals surface area contributed by atoms with Crippen molar-refractivity contribution in [1.29, 1.82) is 0 Å². The Bertz CT molecular complexity index is 546. The molecule has 0 amide bonds. The summed E-state index contributed by atoms with van der Waals surface area (Å²) < 4.78 is 0. The summed E-state index contributed by atoms with van der Waals surface area (Å²) in [6.45, 7) is 4.68. The van der Waals surface area contributed by atoms with Crippen LogP contribution in [-0.4, -0.2) is 39.2 Å². The van der Waals surface area contributed by atoms with Crippen molar-refractivity contribution in [2.45, 2.75) is 26.0 Å². The quantitative estimate of drug-likeness (QED) is 0.876. The van der Waals surface area contributed by atoms with Crippen LogP contribution < -0.4 is 5.73 Å². The second-order valence-electron chi connectivity index (χ2n) is 5.15. The molecule has 0 spiro atoms. The van der Waals surface area contributed by atoms with Crippen LogP contribution in [0.1, 0.15) is 19.7 Å². The molecule has 0 fully saturated rings. The second kappa shape index (κ2) is 4.79. The molecule has 2 heterocycles. The number of aliphatic hydroxyl groups is 1. The van der Waals surface area contributed by atoms with Gasteiger partial charge in [-0.3, -0.25) is 4.90 Å². The highest BCUT2D eigenvalue weighted by molar-refractivity contribution is 7.16. The summed E-state index contributed by atoms with van der Waals surface area (Å²) in [4.78, 5) is 11.7. The van der Waals surface area contributed by atoms with E-state index in [1.54, 1.807) is 25.2 Å². The second-order valence-corrected chi connectivity index (χ2v) is 6.04. The minimum Gasteiger partial charge on any atom is -0.389 e. The normalized spacial score (nSPS) is 12.5. The Morgan fingerprint density at radius 1 is 1.44 bits per heavy atom. The maximum absolute atomic E-state index is 9.75. The van der Waals surface area contributed by atoms with Crippen molar-refractivity contribution in [3.63, 3.8) is 0 Å². The molecule has 2 rings (SSSR count). The number of fused-ring (bicyclic) bond motifs is 1. The number of aromatic nitrogens is 2. The molecule has 0 saturated carbocycles. The number of thiophene rings is 1. The number of nitrogen functional groups attached to an aromatic ring is 1. The van der Waals surface area contributed by atoms with Gasteiger partial charge in [-0.25, -0.2) is 9.97 Å². The van der Waals surface area contributed by atoms with Crippen molar-refractivity contribution >= 4 is 27.4 Å². The van der Waals surface area contributed by atoms with Gasteiger partial charge in [0.15, 0.2) is 0 Å². The molecule has 0 aliphatic carbocycles. The summed E-state index contributed by atoms with van der Waals surface area (Å²) in [7, 11) is 1.93. The Kier molecular flexibility index (Phi) is 3.52. The highest BCUT2D eigenvalue weighted by atomic mass is 32.1. The first-order chi connectivity index (χ1) is 8.35. The van der Waals surface area contributed by atoms with Crippen LogP contribution in [-0.2, 0) is 6.54 Å². The fourth-order valence-electron chi connectivity index (χ4n) is 1.95. The number of likely N-dealkylation sites (N-methyl/N-ethyl adjacent to an activating group) is 1. The summed E-state index contributed by atoms with van der Waals surface area (Å²) in [5, 5.41) is 12.6. The number of anilines is 1. The summed E-state index contributed by atoms with van der Waals surface area (Å²) in [6, 6.07) is 1.93. The third-order valence-electron chi connectivity index (χ3n) is 2.47. The van der Waals surface area contributed by atoms with Gasteiger partial charge in [0.2, 0.25) is 0 Å². The Balaban J connectivity index is 2.16. The zero-order valence-corrected chi connectivity index (χ0v) is 11.7. The number of rotatable bonds is 4. The molecule has 0 aliphatic heterocycles. The van der Waals surface area contributed by atoms with E-state index in [4.69, 9.17) is 5.73 Å². The Labute approximate surface area is 110 Å². The lowest BCUT2D eigenvalue weighted by Crippen LogP contribution is -2.36. The summed E-state index contributed by atoms with van der Waals surface area (Å²) in [5.74, 6) is 1.21. The summed E-state index contributed by atoms with van der Waals surface area (Å²) >= 11 is 1.56. The molecule has 0 unspecified atom stereocenters. The maximum atomic E-state index is 9.75. The minimum atomic E-state index is -0.729. The molecule has 3 N–H and O–H groups in total. The number of nitrogens with zero attached hydrogens (tertiary/aromatic N) is 3. The van der Waals surface area contributed by atoms with E-state index in [1.807, 2.05) is 23.4 Å². The summed E-state index contributed by atoms with van der Waals surface area (Å²) in [6.07, 6.45) is 0. The van der Waals surface area contributed by atoms with Gasteiger partial charge in [0.05, 0.1) is 17.5 Å². The van der Waals surface area contributed by atoms with Crippen LogP contribution in [0.4, 0.5) is 5.82 Å². The molecule has 2 aromatic heterocycles. The molecule has 0 aromatic carbocycles. The Morgan fingerprint density at radius 3 is 2.83 bits per heavy atom. The minimum absolute atomic E-state index is 0.521. The van der Waals surface area contributed by atoms with Gasteiger partial charge in [-0.1, -0.05) is 0 Å². The predicted molar refractivity (Wildman–Crippen MR) is 74.5 cm³/mol. The van der Waals surface area contributed by atoms with Crippen molar-refractivity contribution in [3.8, 4) is 0 Å². The highest BCUT2D eigenvalue weighted by Crippen LogP contribution is 2.23. The maximum Gasteiger partial charge on any atom is 0.146 e. The first kappa shape index (κ1) is 13.2. The third kappa shape index (κ3) is 3.16. The molecule has 5 nitrogen and oxygen atoms in total. The van der Waals surface area contributed by atoms with Crippen LogP contribution in [0, 0.1) is 0 Å². The lowest BCUT2D eigenvalue weighted by atomic mass is 10.1. The monoisotopic (exact) mass is 266 g/mol. The molecule has 0 atom stereocenters. The topological polar surface area (TPSA) is 75.3 Å². The fraction of sp³-hybridized carbons (Fsp3) is 0.500. The van der Waals surface area contributed by atoms with Gasteiger partial charge in [-0.05, 0) is 32.3 Å². The predicted octanol–water partition coefficient (Wildman–Crippen LogP) is 1.48. The Morgan fingerprint density at radius 2 is 2.17 bits per heavy atom. The van der Waals surface area contributed by atoms with E-state index in [1.165, 1.54) is 0 Å². The van der Waals surface area contributed by atoms with E-state index in [-0.39, 0.29) is 0 Å². The number of hydrogen-bond donors (Lipinski definition) is 2. The van der Waals surface area contributed by atoms with E-state index < -0.39 is 5.60 Å². The molecule has 0 saturated heterocycles. The van der Waals surface area contributed by atoms with Gasteiger partial charge in [-0.2, -0.15) is 0 Å². The fourth-order valence-corrected chi connectivity index (χ4v) is 2.74. The standard InChI is InChI=1S/C12H18N4OS/c1-12(2,17)7-16(3)6-9-14-10(13)8-4-5-18-11(8)15-9/h4-5,17H,6-7H2,1-3H3,(H2,13,14,15). The largest absolute Gasteiger partial charge is 0.389 e. The van der Waals surface area contributed by atoms with Gasteiger partial charge >= 0.3 is 0 Å². The smallest absolute Gasteiger partial charge is 0.146 e. The van der Waals surface area contributed by atoms with Crippen LogP contribution in [0.5, 0.6) is 0 Å². The van der Waals surface area contributed by atoms with E-state index in [0.717, 1.165) is 10.2 Å². The zero-order chi connectivity index (χ0) is 13.3. The molecule has 18 heavy (non-hydrogen) atoms. The molecule has 0 radical (unpaired) electrons. The molecular formula is C12H18N4OS. The van der Waals surface area contributed by atoms with Gasteiger partial charge in [0.25, 0.3) is 0 Å². The average molecular weight is 266 g/mol. The Hall–Kier alpha value is -1.24. The van der Waals surface area contributed by atoms with Crippen LogP contribution in [0.3, 0.4) is 0 Å². The number of nitrogens with two attached hydrogens (primary N) is 1. The lowest BCUT2D eigenvalue weighted by Gasteiger charge is -2.24. The zero-order valence-electron chi connectivity index (χ0n) is 10.8. The average Bonchev–Trinajstić information content (AvgIpc) is 2.62. The summed E-state index contributed by atoms with van der Waals surface area (Å²) in [5.41, 5.74) is 5.16. The van der Waals surface area contributed by atoms with Crippen molar-refractivity contribution < 1.29 is 5.11 Å². The molecule has 0 bridgehead atoms. The molecule has 0 aliphatic rings. The van der Waals surface area contributed by atoms with E-state index in [9.17, 15) is 5.11 Å². The molecule has 98 valence electrons. The first-order valence-electron chi connectivity index (χ1n) is 5.76. The van der Waals surface area contributed by atoms with Gasteiger partial charge < -0.3 is 10.8 Å². The third-order valence-corrected chi connectivity index (χ3v) is 3.28. The molecule has 6 heteroatoms. The van der Waals surface area contributed by atoms with Crippen LogP contribution in [0.25, 0.3) is 10.2 Å². The van der Waals surface area contributed by atoms with Gasteiger partial charge in [0.1, 0.15) is 16.5 Å². The SMILES string of the molecule is CN(Cc1nc(N)c2ccsc2n1)CC(C)(C)O. The first-order valence-corrected chi connectivity index (χ1v) is 6.63. The van der Waals surface area contributed by atoms with E-state index in [0.29, 0.717) is 24.7 Å². The lowest BCUT2D eigenvalue weighted by molar-refractivity contribution is 0.0418.